The highest BCUT2D eigenvalue weighted by molar-refractivity contribution is 7.89. The first-order chi connectivity index (χ1) is 14.3. The van der Waals surface area contributed by atoms with Crippen molar-refractivity contribution in [3.63, 3.8) is 0 Å². The lowest BCUT2D eigenvalue weighted by Gasteiger charge is -2.26. The molecule has 0 aromatic heterocycles. The fourth-order valence-electron chi connectivity index (χ4n) is 2.94. The van der Waals surface area contributed by atoms with E-state index in [4.69, 9.17) is 4.84 Å². The van der Waals surface area contributed by atoms with Crippen LogP contribution in [0, 0.1) is 6.92 Å². The molecule has 0 saturated heterocycles. The van der Waals surface area contributed by atoms with Gasteiger partial charge in [-0.2, -0.15) is 0 Å². The van der Waals surface area contributed by atoms with Crippen LogP contribution < -0.4 is 14.6 Å². The van der Waals surface area contributed by atoms with Gasteiger partial charge in [-0.25, -0.2) is 13.2 Å². The number of sulfonamides is 1. The molecule has 8 heteroatoms. The summed E-state index contributed by atoms with van der Waals surface area (Å²) in [5.41, 5.74) is 1.97. The third-order valence-corrected chi connectivity index (χ3v) is 5.69. The zero-order valence-corrected chi connectivity index (χ0v) is 17.4. The minimum Gasteiger partial charge on any atom is -0.478 e. The number of nitrogens with one attached hydrogen (secondary N) is 1. The Morgan fingerprint density at radius 2 is 1.70 bits per heavy atom. The van der Waals surface area contributed by atoms with Crippen LogP contribution in [0.2, 0.25) is 0 Å². The number of rotatable bonds is 8. The maximum atomic E-state index is 13.0. The lowest BCUT2D eigenvalue weighted by Crippen LogP contribution is -2.29. The van der Waals surface area contributed by atoms with E-state index in [2.05, 4.69) is 4.89 Å². The number of carboxylic acids is 1. The van der Waals surface area contributed by atoms with E-state index in [1.54, 1.807) is 29.2 Å². The predicted molar refractivity (Wildman–Crippen MR) is 115 cm³/mol. The Morgan fingerprint density at radius 3 is 2.30 bits per heavy atom. The molecule has 0 saturated carbocycles. The van der Waals surface area contributed by atoms with Crippen molar-refractivity contribution in [2.24, 2.45) is 0 Å². The van der Waals surface area contributed by atoms with Gasteiger partial charge in [0.15, 0.2) is 0 Å². The quantitative estimate of drug-likeness (QED) is 0.526. The Hall–Kier alpha value is -3.36. The van der Waals surface area contributed by atoms with Gasteiger partial charge in [0.05, 0.1) is 11.3 Å². The average molecular weight is 426 g/mol. The monoisotopic (exact) mass is 426 g/mol. The summed E-state index contributed by atoms with van der Waals surface area (Å²) >= 11 is 0. The van der Waals surface area contributed by atoms with Crippen LogP contribution in [0.1, 0.15) is 22.8 Å². The maximum absolute atomic E-state index is 13.0. The van der Waals surface area contributed by atoms with Gasteiger partial charge in [0.25, 0.3) is 10.0 Å². The Balaban J connectivity index is 2.02. The van der Waals surface area contributed by atoms with Gasteiger partial charge in [-0.05, 0) is 61.2 Å². The normalized spacial score (nSPS) is 11.1. The third-order valence-electron chi connectivity index (χ3n) is 4.46. The molecule has 7 nitrogen and oxygen atoms in total. The van der Waals surface area contributed by atoms with Gasteiger partial charge in [0.2, 0.25) is 0 Å². The van der Waals surface area contributed by atoms with Crippen LogP contribution in [0.5, 0.6) is 5.75 Å². The highest BCUT2D eigenvalue weighted by Crippen LogP contribution is 2.32. The summed E-state index contributed by atoms with van der Waals surface area (Å²) in [5.74, 6) is -0.809. The second-order valence-corrected chi connectivity index (χ2v) is 8.18. The molecule has 0 aliphatic rings. The fraction of sp³-hybridized carbons (Fsp3) is 0.136. The number of carboxylic acid groups (broad SMARTS) is 1. The lowest BCUT2D eigenvalue weighted by molar-refractivity contribution is 0.0697. The molecule has 2 N–H and O–H groups in total. The number of aromatic carboxylic acids is 1. The van der Waals surface area contributed by atoms with Crippen LogP contribution >= 0.6 is 0 Å². The molecule has 0 fully saturated rings. The van der Waals surface area contributed by atoms with Crippen LogP contribution in [0.25, 0.3) is 0 Å². The molecule has 3 aromatic carbocycles. The molecule has 0 bridgehead atoms. The van der Waals surface area contributed by atoms with Crippen molar-refractivity contribution >= 4 is 27.4 Å². The zero-order chi connectivity index (χ0) is 21.7. The van der Waals surface area contributed by atoms with E-state index in [0.717, 1.165) is 11.3 Å². The first-order valence-corrected chi connectivity index (χ1v) is 10.8. The van der Waals surface area contributed by atoms with Gasteiger partial charge in [-0.3, -0.25) is 0 Å². The highest BCUT2D eigenvalue weighted by atomic mass is 32.2. The average Bonchev–Trinajstić information content (AvgIpc) is 2.74. The molecule has 3 rings (SSSR count). The summed E-state index contributed by atoms with van der Waals surface area (Å²) in [7, 11) is -4.11. The standard InChI is InChI=1S/C22H22N2O5S/c1-3-24(18-7-5-4-6-8-18)20-15-17(22(25)26)11-14-21(20)30(27,28)23-29-19-12-9-16(2)10-13-19/h4-15,23H,3H2,1-2H3,(H,25,26). The Bertz CT molecular complexity index is 1130. The summed E-state index contributed by atoms with van der Waals surface area (Å²) in [6.45, 7) is 4.19. The molecule has 0 unspecified atom stereocenters. The van der Waals surface area contributed by atoms with Gasteiger partial charge in [-0.1, -0.05) is 35.9 Å². The molecule has 0 aliphatic carbocycles. The minimum absolute atomic E-state index is 0.0159. The van der Waals surface area contributed by atoms with E-state index in [1.165, 1.54) is 18.2 Å². The summed E-state index contributed by atoms with van der Waals surface area (Å²) in [6.07, 6.45) is 0. The highest BCUT2D eigenvalue weighted by Gasteiger charge is 2.24. The second kappa shape index (κ2) is 8.98. The maximum Gasteiger partial charge on any atom is 0.335 e. The molecule has 3 aromatic rings. The Labute approximate surface area is 175 Å². The molecule has 0 spiro atoms. The number of nitrogens with zero attached hydrogens (tertiary/aromatic N) is 1. The zero-order valence-electron chi connectivity index (χ0n) is 16.6. The van der Waals surface area contributed by atoms with Crippen LogP contribution in [0.15, 0.2) is 77.7 Å². The summed E-state index contributed by atoms with van der Waals surface area (Å²) in [6, 6.07) is 19.9. The first kappa shape index (κ1) is 21.4. The first-order valence-electron chi connectivity index (χ1n) is 9.27. The van der Waals surface area contributed by atoms with E-state index in [0.29, 0.717) is 12.3 Å². The number of carbonyl (C=O) groups is 1. The molecule has 0 aliphatic heterocycles. The van der Waals surface area contributed by atoms with Crippen molar-refractivity contribution in [2.45, 2.75) is 18.7 Å². The van der Waals surface area contributed by atoms with Crippen molar-refractivity contribution < 1.29 is 23.2 Å². The molecule has 0 atom stereocenters. The third kappa shape index (κ3) is 4.79. The Morgan fingerprint density at radius 1 is 1.03 bits per heavy atom. The van der Waals surface area contributed by atoms with Gasteiger partial charge in [0.1, 0.15) is 10.6 Å². The smallest absolute Gasteiger partial charge is 0.335 e. The van der Waals surface area contributed by atoms with Crippen LogP contribution in [0.3, 0.4) is 0 Å². The molecule has 30 heavy (non-hydrogen) atoms. The molecular formula is C22H22N2O5S. The minimum atomic E-state index is -4.11. The van der Waals surface area contributed by atoms with Crippen molar-refractivity contribution in [2.75, 3.05) is 11.4 Å². The van der Waals surface area contributed by atoms with E-state index in [9.17, 15) is 18.3 Å². The predicted octanol–water partition coefficient (Wildman–Crippen LogP) is 4.12. The molecular weight excluding hydrogens is 404 g/mol. The Kier molecular flexibility index (Phi) is 6.39. The van der Waals surface area contributed by atoms with Crippen molar-refractivity contribution in [1.29, 1.82) is 0 Å². The molecule has 0 radical (unpaired) electrons. The number of anilines is 2. The number of hydrogen-bond acceptors (Lipinski definition) is 5. The van der Waals surface area contributed by atoms with E-state index in [1.807, 2.05) is 44.2 Å². The van der Waals surface area contributed by atoms with Crippen molar-refractivity contribution in [3.8, 4) is 5.75 Å². The van der Waals surface area contributed by atoms with Crippen LogP contribution in [-0.4, -0.2) is 26.0 Å². The van der Waals surface area contributed by atoms with E-state index in [-0.39, 0.29) is 16.1 Å². The van der Waals surface area contributed by atoms with Gasteiger partial charge in [0, 0.05) is 12.2 Å². The van der Waals surface area contributed by atoms with Crippen molar-refractivity contribution in [3.05, 3.63) is 83.9 Å². The molecule has 0 heterocycles. The summed E-state index contributed by atoms with van der Waals surface area (Å²) in [5, 5.41) is 9.39. The number of aryl methyl sites for hydroxylation is 1. The van der Waals surface area contributed by atoms with E-state index >= 15 is 0 Å². The summed E-state index contributed by atoms with van der Waals surface area (Å²) in [4.78, 5) is 20.5. The van der Waals surface area contributed by atoms with Crippen molar-refractivity contribution in [1.82, 2.24) is 4.89 Å². The molecule has 0 amide bonds. The fourth-order valence-corrected chi connectivity index (χ4v) is 3.93. The molecule has 156 valence electrons. The van der Waals surface area contributed by atoms with Gasteiger partial charge < -0.3 is 14.8 Å². The number of benzene rings is 3. The van der Waals surface area contributed by atoms with Gasteiger partial charge in [-0.15, -0.1) is 0 Å². The second-order valence-electron chi connectivity index (χ2n) is 6.57. The SMILES string of the molecule is CCN(c1ccccc1)c1cc(C(=O)O)ccc1S(=O)(=O)NOc1ccc(C)cc1. The van der Waals surface area contributed by atoms with Crippen LogP contribution in [-0.2, 0) is 10.0 Å². The largest absolute Gasteiger partial charge is 0.478 e. The van der Waals surface area contributed by atoms with E-state index < -0.39 is 16.0 Å². The number of hydrogen-bond donors (Lipinski definition) is 2. The van der Waals surface area contributed by atoms with Crippen LogP contribution in [0.4, 0.5) is 11.4 Å². The number of para-hydroxylation sites is 1. The lowest BCUT2D eigenvalue weighted by atomic mass is 10.1. The van der Waals surface area contributed by atoms with Gasteiger partial charge >= 0.3 is 5.97 Å². The topological polar surface area (TPSA) is 95.9 Å². The summed E-state index contributed by atoms with van der Waals surface area (Å²) < 4.78 is 26.0.